The van der Waals surface area contributed by atoms with Crippen LogP contribution in [0.3, 0.4) is 0 Å². The zero-order valence-electron chi connectivity index (χ0n) is 15.0. The molecule has 3 heterocycles. The zero-order valence-corrected chi connectivity index (χ0v) is 15.8. The second kappa shape index (κ2) is 6.42. The van der Waals surface area contributed by atoms with Crippen LogP contribution in [0.4, 0.5) is 0 Å². The molecule has 2 bridgehead atoms. The summed E-state index contributed by atoms with van der Waals surface area (Å²) in [5.74, 6) is 0.711. The molecule has 2 aromatic heterocycles. The van der Waals surface area contributed by atoms with Gasteiger partial charge in [0.25, 0.3) is 0 Å². The minimum atomic E-state index is 0.472. The first-order valence-electron chi connectivity index (χ1n) is 9.15. The molecule has 1 aliphatic carbocycles. The number of likely N-dealkylation sites (tertiary alicyclic amines) is 1. The van der Waals surface area contributed by atoms with Crippen molar-refractivity contribution in [2.24, 2.45) is 5.92 Å². The standard InChI is InChI=1S/C19H23N5OS/c1-11-8-20-19(26-11)12-3-4-16-15(6-12)18(22-21-16)10-25-23-17-7-14-5-13(17)9-24(14)2/h3-4,6,8,13-14,17,23H,5,7,9-10H2,1-2H3,(H,21,22). The summed E-state index contributed by atoms with van der Waals surface area (Å²) in [4.78, 5) is 14.0. The van der Waals surface area contributed by atoms with Crippen molar-refractivity contribution in [3.05, 3.63) is 35.0 Å². The van der Waals surface area contributed by atoms with Gasteiger partial charge < -0.3 is 4.90 Å². The molecule has 3 aromatic rings. The minimum Gasteiger partial charge on any atom is -0.303 e. The van der Waals surface area contributed by atoms with E-state index in [1.807, 2.05) is 12.3 Å². The fourth-order valence-electron chi connectivity index (χ4n) is 4.34. The molecule has 6 nitrogen and oxygen atoms in total. The van der Waals surface area contributed by atoms with Crippen LogP contribution in [-0.2, 0) is 11.4 Å². The predicted molar refractivity (Wildman–Crippen MR) is 103 cm³/mol. The number of fused-ring (bicyclic) bond motifs is 3. The predicted octanol–water partition coefficient (Wildman–Crippen LogP) is 3.11. The smallest absolute Gasteiger partial charge is 0.123 e. The first-order valence-corrected chi connectivity index (χ1v) is 9.96. The molecule has 2 aliphatic rings. The molecule has 0 amide bonds. The first kappa shape index (κ1) is 16.4. The number of aryl methyl sites for hydroxylation is 1. The lowest BCUT2D eigenvalue weighted by molar-refractivity contribution is -0.0144. The van der Waals surface area contributed by atoms with Crippen LogP contribution in [-0.4, -0.2) is 45.8 Å². The van der Waals surface area contributed by atoms with E-state index in [0.717, 1.165) is 33.2 Å². The van der Waals surface area contributed by atoms with Crippen LogP contribution in [0.1, 0.15) is 23.4 Å². The molecule has 136 valence electrons. The van der Waals surface area contributed by atoms with Crippen LogP contribution in [0.15, 0.2) is 24.4 Å². The molecule has 2 N–H and O–H groups in total. The molecule has 1 aromatic carbocycles. The topological polar surface area (TPSA) is 66.1 Å². The summed E-state index contributed by atoms with van der Waals surface area (Å²) >= 11 is 1.71. The summed E-state index contributed by atoms with van der Waals surface area (Å²) in [6, 6.07) is 7.47. The number of benzene rings is 1. The van der Waals surface area contributed by atoms with Gasteiger partial charge in [0.2, 0.25) is 0 Å². The summed E-state index contributed by atoms with van der Waals surface area (Å²) in [5, 5.41) is 9.67. The van der Waals surface area contributed by atoms with Crippen molar-refractivity contribution >= 4 is 22.2 Å². The van der Waals surface area contributed by atoms with E-state index in [4.69, 9.17) is 4.84 Å². The van der Waals surface area contributed by atoms with Crippen molar-refractivity contribution < 1.29 is 4.84 Å². The van der Waals surface area contributed by atoms with Gasteiger partial charge in [-0.1, -0.05) is 0 Å². The van der Waals surface area contributed by atoms with Gasteiger partial charge in [-0.2, -0.15) is 10.6 Å². The number of hydrogen-bond donors (Lipinski definition) is 2. The number of hydrogen-bond acceptors (Lipinski definition) is 6. The Balaban J connectivity index is 1.28. The molecule has 5 rings (SSSR count). The Morgan fingerprint density at radius 1 is 1.38 bits per heavy atom. The third-order valence-electron chi connectivity index (χ3n) is 5.77. The molecule has 1 saturated heterocycles. The molecule has 3 unspecified atom stereocenters. The molecule has 0 spiro atoms. The lowest BCUT2D eigenvalue weighted by Crippen LogP contribution is -2.42. The fourth-order valence-corrected chi connectivity index (χ4v) is 5.10. The van der Waals surface area contributed by atoms with E-state index >= 15 is 0 Å². The summed E-state index contributed by atoms with van der Waals surface area (Å²) in [6.07, 6.45) is 4.39. The Labute approximate surface area is 156 Å². The Bertz CT molecular complexity index is 933. The monoisotopic (exact) mass is 369 g/mol. The number of piperidine rings is 1. The number of nitrogens with zero attached hydrogens (tertiary/aromatic N) is 3. The molecule has 26 heavy (non-hydrogen) atoms. The molecule has 1 aliphatic heterocycles. The van der Waals surface area contributed by atoms with Crippen molar-refractivity contribution in [1.82, 2.24) is 25.6 Å². The van der Waals surface area contributed by atoms with Gasteiger partial charge in [0.15, 0.2) is 0 Å². The van der Waals surface area contributed by atoms with Crippen molar-refractivity contribution in [3.63, 3.8) is 0 Å². The maximum atomic E-state index is 5.85. The lowest BCUT2D eigenvalue weighted by Gasteiger charge is -2.28. The lowest BCUT2D eigenvalue weighted by atomic mass is 10.0. The number of rotatable bonds is 5. The summed E-state index contributed by atoms with van der Waals surface area (Å²) < 4.78 is 0. The highest BCUT2D eigenvalue weighted by Crippen LogP contribution is 2.36. The molecule has 7 heteroatoms. The van der Waals surface area contributed by atoms with Gasteiger partial charge in [-0.05, 0) is 50.9 Å². The minimum absolute atomic E-state index is 0.472. The number of nitrogens with one attached hydrogen (secondary N) is 2. The molecule has 2 fully saturated rings. The SMILES string of the molecule is Cc1cnc(-c2ccc3n[nH]c(CONC4CC5CC4CN5C)c3c2)s1. The quantitative estimate of drug-likeness (QED) is 0.677. The van der Waals surface area contributed by atoms with Crippen molar-refractivity contribution in [2.45, 2.75) is 38.5 Å². The Morgan fingerprint density at radius 3 is 3.04 bits per heavy atom. The van der Waals surface area contributed by atoms with Crippen LogP contribution in [0.2, 0.25) is 0 Å². The number of H-pyrrole nitrogens is 1. The molecular weight excluding hydrogens is 346 g/mol. The van der Waals surface area contributed by atoms with Crippen LogP contribution >= 0.6 is 11.3 Å². The van der Waals surface area contributed by atoms with Crippen LogP contribution < -0.4 is 5.48 Å². The van der Waals surface area contributed by atoms with Crippen LogP contribution in [0.25, 0.3) is 21.5 Å². The number of hydroxylamine groups is 1. The molecule has 1 saturated carbocycles. The average Bonchev–Trinajstić information content (AvgIpc) is 3.39. The summed E-state index contributed by atoms with van der Waals surface area (Å²) in [5.41, 5.74) is 6.39. The van der Waals surface area contributed by atoms with Gasteiger partial charge in [-0.25, -0.2) is 4.98 Å². The largest absolute Gasteiger partial charge is 0.303 e. The van der Waals surface area contributed by atoms with E-state index in [0.29, 0.717) is 18.6 Å². The van der Waals surface area contributed by atoms with Crippen molar-refractivity contribution in [2.75, 3.05) is 13.6 Å². The van der Waals surface area contributed by atoms with E-state index in [2.05, 4.69) is 51.7 Å². The normalized spacial score (nSPS) is 25.5. The maximum Gasteiger partial charge on any atom is 0.123 e. The Morgan fingerprint density at radius 2 is 2.31 bits per heavy atom. The van der Waals surface area contributed by atoms with E-state index in [1.165, 1.54) is 24.3 Å². The van der Waals surface area contributed by atoms with E-state index in [-0.39, 0.29) is 0 Å². The van der Waals surface area contributed by atoms with Gasteiger partial charge in [0.05, 0.1) is 11.2 Å². The highest BCUT2D eigenvalue weighted by atomic mass is 32.1. The summed E-state index contributed by atoms with van der Waals surface area (Å²) in [6.45, 7) is 3.74. The second-order valence-corrected chi connectivity index (χ2v) is 8.78. The summed E-state index contributed by atoms with van der Waals surface area (Å²) in [7, 11) is 2.22. The van der Waals surface area contributed by atoms with Crippen LogP contribution in [0, 0.1) is 12.8 Å². The van der Waals surface area contributed by atoms with Crippen molar-refractivity contribution in [1.29, 1.82) is 0 Å². The van der Waals surface area contributed by atoms with Gasteiger partial charge in [-0.3, -0.25) is 9.94 Å². The second-order valence-electron chi connectivity index (χ2n) is 7.55. The number of thiazole rings is 1. The molecular formula is C19H23N5OS. The van der Waals surface area contributed by atoms with Crippen molar-refractivity contribution in [3.8, 4) is 10.6 Å². The van der Waals surface area contributed by atoms with Crippen LogP contribution in [0.5, 0.6) is 0 Å². The third kappa shape index (κ3) is 2.85. The highest BCUT2D eigenvalue weighted by Gasteiger charge is 2.43. The molecule has 3 atom stereocenters. The average molecular weight is 369 g/mol. The van der Waals surface area contributed by atoms with E-state index in [9.17, 15) is 0 Å². The first-order chi connectivity index (χ1) is 12.7. The maximum absolute atomic E-state index is 5.85. The van der Waals surface area contributed by atoms with Gasteiger partial charge in [0, 0.05) is 40.7 Å². The fraction of sp³-hybridized carbons (Fsp3) is 0.474. The Hall–Kier alpha value is -1.80. The van der Waals surface area contributed by atoms with Gasteiger partial charge in [-0.15, -0.1) is 11.3 Å². The van der Waals surface area contributed by atoms with E-state index in [1.54, 1.807) is 11.3 Å². The number of aromatic amines is 1. The highest BCUT2D eigenvalue weighted by molar-refractivity contribution is 7.14. The Kier molecular flexibility index (Phi) is 4.04. The van der Waals surface area contributed by atoms with Gasteiger partial charge >= 0.3 is 0 Å². The van der Waals surface area contributed by atoms with E-state index < -0.39 is 0 Å². The van der Waals surface area contributed by atoms with Gasteiger partial charge in [0.1, 0.15) is 11.6 Å². The third-order valence-corrected chi connectivity index (χ3v) is 6.73. The zero-order chi connectivity index (χ0) is 17.7. The number of aromatic nitrogens is 3. The molecule has 0 radical (unpaired) electrons.